The largest absolute Gasteiger partial charge is 0.369 e. The SMILES string of the molecule is CN(C)/C=N\c1nc(O/N=C/c2ccccc2)ncc1F. The van der Waals surface area contributed by atoms with Crippen molar-refractivity contribution >= 4 is 18.4 Å². The molecular weight excluding hydrogens is 273 g/mol. The predicted octanol–water partition coefficient (Wildman–Crippen LogP) is 2.25. The molecule has 0 amide bonds. The highest BCUT2D eigenvalue weighted by Gasteiger charge is 2.06. The zero-order valence-corrected chi connectivity index (χ0v) is 11.6. The minimum absolute atomic E-state index is 0.0745. The van der Waals surface area contributed by atoms with Crippen molar-refractivity contribution in [3.63, 3.8) is 0 Å². The van der Waals surface area contributed by atoms with E-state index in [0.717, 1.165) is 11.8 Å². The molecule has 21 heavy (non-hydrogen) atoms. The molecule has 7 heteroatoms. The van der Waals surface area contributed by atoms with E-state index in [4.69, 9.17) is 4.84 Å². The number of nitrogens with zero attached hydrogens (tertiary/aromatic N) is 5. The summed E-state index contributed by atoms with van der Waals surface area (Å²) in [5.74, 6) is -0.740. The molecule has 1 aromatic heterocycles. The van der Waals surface area contributed by atoms with E-state index in [0.29, 0.717) is 0 Å². The van der Waals surface area contributed by atoms with E-state index in [1.54, 1.807) is 19.0 Å². The molecule has 2 rings (SSSR count). The fourth-order valence-electron chi connectivity index (χ4n) is 1.32. The lowest BCUT2D eigenvalue weighted by atomic mass is 10.2. The highest BCUT2D eigenvalue weighted by Crippen LogP contribution is 2.16. The second-order valence-electron chi connectivity index (χ2n) is 4.27. The third-order valence-electron chi connectivity index (χ3n) is 2.25. The third kappa shape index (κ3) is 4.64. The van der Waals surface area contributed by atoms with E-state index < -0.39 is 5.82 Å². The summed E-state index contributed by atoms with van der Waals surface area (Å²) >= 11 is 0. The molecule has 0 bridgehead atoms. The first-order valence-electron chi connectivity index (χ1n) is 6.14. The smallest absolute Gasteiger partial charge is 0.347 e. The van der Waals surface area contributed by atoms with Crippen LogP contribution in [0.1, 0.15) is 5.56 Å². The topological polar surface area (TPSA) is 63.0 Å². The Morgan fingerprint density at radius 3 is 2.71 bits per heavy atom. The lowest BCUT2D eigenvalue weighted by molar-refractivity contribution is 0.313. The van der Waals surface area contributed by atoms with Gasteiger partial charge in [0.1, 0.15) is 0 Å². The maximum Gasteiger partial charge on any atom is 0.347 e. The summed E-state index contributed by atoms with van der Waals surface area (Å²) in [5.41, 5.74) is 0.866. The van der Waals surface area contributed by atoms with Crippen LogP contribution in [0.15, 0.2) is 46.7 Å². The van der Waals surface area contributed by atoms with Crippen molar-refractivity contribution in [3.8, 4) is 6.01 Å². The summed E-state index contributed by atoms with van der Waals surface area (Å²) in [6.07, 6.45) is 3.93. The number of oxime groups is 1. The standard InChI is InChI=1S/C14H14FN5O/c1-20(2)10-17-13-12(15)9-16-14(19-13)21-18-8-11-6-4-3-5-7-11/h3-10H,1-2H3/b17-10-,18-8+. The average Bonchev–Trinajstić information content (AvgIpc) is 2.48. The molecule has 1 heterocycles. The van der Waals surface area contributed by atoms with Gasteiger partial charge in [0.25, 0.3) is 0 Å². The summed E-state index contributed by atoms with van der Waals surface area (Å²) in [7, 11) is 3.54. The lowest BCUT2D eigenvalue weighted by Gasteiger charge is -2.03. The Labute approximate surface area is 121 Å². The number of hydrogen-bond acceptors (Lipinski definition) is 5. The highest BCUT2D eigenvalue weighted by molar-refractivity contribution is 5.78. The maximum absolute atomic E-state index is 13.5. The van der Waals surface area contributed by atoms with E-state index >= 15 is 0 Å². The van der Waals surface area contributed by atoms with Gasteiger partial charge in [0.2, 0.25) is 0 Å². The number of aliphatic imine (C=N–C) groups is 1. The number of benzene rings is 1. The van der Waals surface area contributed by atoms with Gasteiger partial charge in [-0.15, -0.1) is 0 Å². The van der Waals surface area contributed by atoms with E-state index in [1.807, 2.05) is 30.3 Å². The maximum atomic E-state index is 13.5. The van der Waals surface area contributed by atoms with E-state index in [9.17, 15) is 4.39 Å². The van der Waals surface area contributed by atoms with Gasteiger partial charge in [-0.25, -0.2) is 9.38 Å². The molecule has 0 N–H and O–H groups in total. The summed E-state index contributed by atoms with van der Waals surface area (Å²) in [5, 5.41) is 3.74. The van der Waals surface area contributed by atoms with Crippen molar-refractivity contribution in [3.05, 3.63) is 47.9 Å². The van der Waals surface area contributed by atoms with Crippen LogP contribution in [0.2, 0.25) is 0 Å². The third-order valence-corrected chi connectivity index (χ3v) is 2.25. The Kier molecular flexibility index (Phi) is 4.92. The zero-order valence-electron chi connectivity index (χ0n) is 11.6. The number of halogens is 1. The summed E-state index contributed by atoms with van der Waals surface area (Å²) in [6.45, 7) is 0. The van der Waals surface area contributed by atoms with E-state index in [2.05, 4.69) is 20.1 Å². The molecule has 0 spiro atoms. The van der Waals surface area contributed by atoms with Gasteiger partial charge in [-0.1, -0.05) is 35.5 Å². The molecule has 0 aliphatic heterocycles. The van der Waals surface area contributed by atoms with E-state index in [1.165, 1.54) is 12.6 Å². The van der Waals surface area contributed by atoms with Gasteiger partial charge in [0.05, 0.1) is 18.7 Å². The van der Waals surface area contributed by atoms with Gasteiger partial charge < -0.3 is 9.74 Å². The molecule has 0 radical (unpaired) electrons. The van der Waals surface area contributed by atoms with Gasteiger partial charge in [0.15, 0.2) is 11.6 Å². The molecule has 0 unspecified atom stereocenters. The molecule has 0 fully saturated rings. The Hall–Kier alpha value is -2.83. The van der Waals surface area contributed by atoms with Crippen LogP contribution in [-0.2, 0) is 0 Å². The van der Waals surface area contributed by atoms with Crippen LogP contribution in [0.4, 0.5) is 10.2 Å². The predicted molar refractivity (Wildman–Crippen MR) is 78.5 cm³/mol. The zero-order chi connectivity index (χ0) is 15.1. The monoisotopic (exact) mass is 287 g/mol. The molecule has 0 aliphatic carbocycles. The summed E-state index contributed by atoms with van der Waals surface area (Å²) < 4.78 is 13.5. The van der Waals surface area contributed by atoms with E-state index in [-0.39, 0.29) is 11.8 Å². The van der Waals surface area contributed by atoms with Gasteiger partial charge >= 0.3 is 6.01 Å². The van der Waals surface area contributed by atoms with Gasteiger partial charge in [-0.3, -0.25) is 0 Å². The van der Waals surface area contributed by atoms with Crippen LogP contribution in [-0.4, -0.2) is 41.5 Å². The Morgan fingerprint density at radius 2 is 2.00 bits per heavy atom. The van der Waals surface area contributed by atoms with Gasteiger partial charge in [0, 0.05) is 14.1 Å². The van der Waals surface area contributed by atoms with Crippen LogP contribution in [0.3, 0.4) is 0 Å². The Bertz CT molecular complexity index is 643. The quantitative estimate of drug-likeness (QED) is 0.480. The first-order chi connectivity index (χ1) is 10.1. The first kappa shape index (κ1) is 14.6. The van der Waals surface area contributed by atoms with Crippen molar-refractivity contribution in [2.75, 3.05) is 14.1 Å². The lowest BCUT2D eigenvalue weighted by Crippen LogP contribution is -2.07. The normalized spacial score (nSPS) is 11.2. The summed E-state index contributed by atoms with van der Waals surface area (Å²) in [4.78, 5) is 18.1. The first-order valence-corrected chi connectivity index (χ1v) is 6.14. The van der Waals surface area contributed by atoms with Crippen molar-refractivity contribution in [2.45, 2.75) is 0 Å². The molecule has 0 saturated heterocycles. The summed E-state index contributed by atoms with van der Waals surface area (Å²) in [6, 6.07) is 9.31. The number of aromatic nitrogens is 2. The fourth-order valence-corrected chi connectivity index (χ4v) is 1.32. The van der Waals surface area contributed by atoms with Crippen LogP contribution in [0.25, 0.3) is 0 Å². The molecule has 0 atom stereocenters. The molecular formula is C14H14FN5O. The molecule has 1 aromatic carbocycles. The minimum atomic E-state index is -0.632. The van der Waals surface area contributed by atoms with Crippen LogP contribution in [0, 0.1) is 5.82 Å². The second kappa shape index (κ2) is 7.09. The molecule has 0 saturated carbocycles. The van der Waals surface area contributed by atoms with Crippen molar-refractivity contribution in [1.82, 2.24) is 14.9 Å². The fraction of sp³-hybridized carbons (Fsp3) is 0.143. The molecule has 0 aliphatic rings. The van der Waals surface area contributed by atoms with Gasteiger partial charge in [-0.05, 0) is 5.56 Å². The molecule has 6 nitrogen and oxygen atoms in total. The minimum Gasteiger partial charge on any atom is -0.369 e. The van der Waals surface area contributed by atoms with Crippen LogP contribution in [0.5, 0.6) is 6.01 Å². The van der Waals surface area contributed by atoms with Crippen LogP contribution < -0.4 is 4.84 Å². The van der Waals surface area contributed by atoms with Crippen molar-refractivity contribution < 1.29 is 9.23 Å². The second-order valence-corrected chi connectivity index (χ2v) is 4.27. The number of hydrogen-bond donors (Lipinski definition) is 0. The van der Waals surface area contributed by atoms with Gasteiger partial charge in [-0.2, -0.15) is 9.97 Å². The highest BCUT2D eigenvalue weighted by atomic mass is 19.1. The number of rotatable bonds is 5. The Morgan fingerprint density at radius 1 is 1.24 bits per heavy atom. The average molecular weight is 287 g/mol. The van der Waals surface area contributed by atoms with Crippen molar-refractivity contribution in [2.24, 2.45) is 10.1 Å². The van der Waals surface area contributed by atoms with Crippen LogP contribution >= 0.6 is 0 Å². The molecule has 108 valence electrons. The molecule has 2 aromatic rings. The van der Waals surface area contributed by atoms with Crippen molar-refractivity contribution in [1.29, 1.82) is 0 Å². The Balaban J connectivity index is 2.07.